The number of amides is 1. The van der Waals surface area contributed by atoms with Gasteiger partial charge in [-0.25, -0.2) is 10.2 Å². The van der Waals surface area contributed by atoms with Crippen LogP contribution in [0.2, 0.25) is 20.1 Å². The standard InChI is InChI=1S/C30H19Cl4N3O4/c1-40-25-12-16(6-11-24(25)41-30(39)17-7-9-18(31)10-8-17)15-35-37-29(38)28-26(20-4-2-3-5-22(20)33)21-13-19(32)14-23(34)27(21)36-28/h2-15,36H,1H3,(H,37,38). The number of halogens is 4. The molecule has 0 aliphatic carbocycles. The molecule has 11 heteroatoms. The molecular weight excluding hydrogens is 608 g/mol. The van der Waals surface area contributed by atoms with Gasteiger partial charge in [-0.2, -0.15) is 5.10 Å². The van der Waals surface area contributed by atoms with Gasteiger partial charge in [0.1, 0.15) is 5.69 Å². The van der Waals surface area contributed by atoms with Gasteiger partial charge in [0, 0.05) is 31.6 Å². The first-order valence-electron chi connectivity index (χ1n) is 12.0. The summed E-state index contributed by atoms with van der Waals surface area (Å²) in [5, 5.41) is 6.46. The number of hydrogen-bond acceptors (Lipinski definition) is 5. The Morgan fingerprint density at radius 1 is 0.854 bits per heavy atom. The third-order valence-electron chi connectivity index (χ3n) is 6.04. The van der Waals surface area contributed by atoms with Crippen molar-refractivity contribution >= 4 is 75.4 Å². The van der Waals surface area contributed by atoms with Gasteiger partial charge in [-0.3, -0.25) is 4.79 Å². The van der Waals surface area contributed by atoms with E-state index in [0.29, 0.717) is 59.0 Å². The second kappa shape index (κ2) is 12.2. The Bertz CT molecular complexity index is 1820. The van der Waals surface area contributed by atoms with Gasteiger partial charge in [0.05, 0.1) is 29.4 Å². The van der Waals surface area contributed by atoms with E-state index in [9.17, 15) is 9.59 Å². The highest BCUT2D eigenvalue weighted by Crippen LogP contribution is 2.40. The molecule has 0 saturated heterocycles. The van der Waals surface area contributed by atoms with Crippen molar-refractivity contribution < 1.29 is 19.1 Å². The van der Waals surface area contributed by atoms with Crippen molar-refractivity contribution in [3.63, 3.8) is 0 Å². The van der Waals surface area contributed by atoms with Crippen molar-refractivity contribution in [3.05, 3.63) is 116 Å². The van der Waals surface area contributed by atoms with E-state index in [-0.39, 0.29) is 11.4 Å². The zero-order valence-corrected chi connectivity index (χ0v) is 24.2. The van der Waals surface area contributed by atoms with E-state index in [4.69, 9.17) is 55.9 Å². The normalized spacial score (nSPS) is 11.1. The van der Waals surface area contributed by atoms with Crippen molar-refractivity contribution in [2.45, 2.75) is 0 Å². The van der Waals surface area contributed by atoms with Crippen LogP contribution in [0.25, 0.3) is 22.0 Å². The minimum atomic E-state index is -0.567. The zero-order chi connectivity index (χ0) is 29.1. The maximum Gasteiger partial charge on any atom is 0.343 e. The Hall–Kier alpha value is -4.01. The van der Waals surface area contributed by atoms with Crippen molar-refractivity contribution in [1.29, 1.82) is 0 Å². The number of H-pyrrole nitrogens is 1. The van der Waals surface area contributed by atoms with Gasteiger partial charge in [0.25, 0.3) is 5.91 Å². The number of methoxy groups -OCH3 is 1. The van der Waals surface area contributed by atoms with Crippen LogP contribution in [-0.2, 0) is 0 Å². The minimum Gasteiger partial charge on any atom is -0.493 e. The second-order valence-corrected chi connectivity index (χ2v) is 10.4. The van der Waals surface area contributed by atoms with E-state index >= 15 is 0 Å². The van der Waals surface area contributed by atoms with Crippen LogP contribution in [0.15, 0.2) is 84.0 Å². The van der Waals surface area contributed by atoms with Gasteiger partial charge in [0.2, 0.25) is 0 Å². The number of rotatable bonds is 7. The molecule has 4 aromatic carbocycles. The minimum absolute atomic E-state index is 0.205. The van der Waals surface area contributed by atoms with Crippen molar-refractivity contribution in [2.75, 3.05) is 7.11 Å². The number of nitrogens with zero attached hydrogens (tertiary/aromatic N) is 1. The molecule has 7 nitrogen and oxygen atoms in total. The molecule has 206 valence electrons. The highest BCUT2D eigenvalue weighted by molar-refractivity contribution is 6.40. The van der Waals surface area contributed by atoms with Crippen LogP contribution in [0.3, 0.4) is 0 Å². The molecular formula is C30H19Cl4N3O4. The number of ether oxygens (including phenoxy) is 2. The monoisotopic (exact) mass is 625 g/mol. The Morgan fingerprint density at radius 2 is 1.61 bits per heavy atom. The fraction of sp³-hybridized carbons (Fsp3) is 0.0333. The number of carbonyl (C=O) groups excluding carboxylic acids is 2. The first kappa shape index (κ1) is 28.5. The lowest BCUT2D eigenvalue weighted by atomic mass is 10.0. The molecule has 0 saturated carbocycles. The lowest BCUT2D eigenvalue weighted by Crippen LogP contribution is -2.19. The molecule has 0 fully saturated rings. The maximum atomic E-state index is 13.3. The molecule has 1 heterocycles. The number of benzene rings is 4. The third kappa shape index (κ3) is 6.19. The number of nitrogens with one attached hydrogen (secondary N) is 2. The third-order valence-corrected chi connectivity index (χ3v) is 7.14. The molecule has 0 unspecified atom stereocenters. The topological polar surface area (TPSA) is 92.8 Å². The SMILES string of the molecule is COc1cc(C=NNC(=O)c2[nH]c3c(Cl)cc(Cl)cc3c2-c2ccccc2Cl)ccc1OC(=O)c1ccc(Cl)cc1. The quantitative estimate of drug-likeness (QED) is 0.0820. The molecule has 41 heavy (non-hydrogen) atoms. The van der Waals surface area contributed by atoms with E-state index in [1.807, 2.05) is 6.07 Å². The van der Waals surface area contributed by atoms with Crippen LogP contribution in [0, 0.1) is 0 Å². The largest absolute Gasteiger partial charge is 0.493 e. The number of carbonyl (C=O) groups is 2. The molecule has 0 radical (unpaired) electrons. The summed E-state index contributed by atoms with van der Waals surface area (Å²) in [5.41, 5.74) is 5.34. The molecule has 5 aromatic rings. The highest BCUT2D eigenvalue weighted by Gasteiger charge is 2.22. The van der Waals surface area contributed by atoms with Gasteiger partial charge in [-0.15, -0.1) is 0 Å². The van der Waals surface area contributed by atoms with Crippen LogP contribution in [-0.4, -0.2) is 30.2 Å². The van der Waals surface area contributed by atoms with Gasteiger partial charge < -0.3 is 14.5 Å². The van der Waals surface area contributed by atoms with Crippen molar-refractivity contribution in [1.82, 2.24) is 10.4 Å². The molecule has 2 N–H and O–H groups in total. The predicted octanol–water partition coefficient (Wildman–Crippen LogP) is 8.44. The van der Waals surface area contributed by atoms with E-state index in [0.717, 1.165) is 0 Å². The van der Waals surface area contributed by atoms with Gasteiger partial charge in [-0.1, -0.05) is 64.6 Å². The smallest absolute Gasteiger partial charge is 0.343 e. The lowest BCUT2D eigenvalue weighted by molar-refractivity contribution is 0.0729. The summed E-state index contributed by atoms with van der Waals surface area (Å²) in [6, 6.07) is 21.6. The number of aromatic nitrogens is 1. The summed E-state index contributed by atoms with van der Waals surface area (Å²) in [6.45, 7) is 0. The Labute approximate surface area is 254 Å². The maximum absolute atomic E-state index is 13.3. The second-order valence-electron chi connectivity index (χ2n) is 8.67. The summed E-state index contributed by atoms with van der Waals surface area (Å²) in [5.74, 6) is -0.583. The van der Waals surface area contributed by atoms with Gasteiger partial charge in [0.15, 0.2) is 11.5 Å². The Balaban J connectivity index is 1.38. The van der Waals surface area contributed by atoms with Crippen molar-refractivity contribution in [3.8, 4) is 22.6 Å². The van der Waals surface area contributed by atoms with Gasteiger partial charge >= 0.3 is 5.97 Å². The number of esters is 1. The van der Waals surface area contributed by atoms with Crippen LogP contribution in [0.5, 0.6) is 11.5 Å². The van der Waals surface area contributed by atoms with E-state index in [1.165, 1.54) is 13.3 Å². The number of fused-ring (bicyclic) bond motifs is 1. The van der Waals surface area contributed by atoms with Crippen LogP contribution < -0.4 is 14.9 Å². The first-order valence-corrected chi connectivity index (χ1v) is 13.5. The Kier molecular flexibility index (Phi) is 8.52. The van der Waals surface area contributed by atoms with Crippen LogP contribution in [0.4, 0.5) is 0 Å². The average molecular weight is 627 g/mol. The highest BCUT2D eigenvalue weighted by atomic mass is 35.5. The zero-order valence-electron chi connectivity index (χ0n) is 21.2. The lowest BCUT2D eigenvalue weighted by Gasteiger charge is -2.10. The molecule has 5 rings (SSSR count). The number of hydrazone groups is 1. The summed E-state index contributed by atoms with van der Waals surface area (Å²) < 4.78 is 10.9. The summed E-state index contributed by atoms with van der Waals surface area (Å²) in [4.78, 5) is 28.9. The fourth-order valence-electron chi connectivity index (χ4n) is 4.15. The summed E-state index contributed by atoms with van der Waals surface area (Å²) in [7, 11) is 1.45. The fourth-order valence-corrected chi connectivity index (χ4v) is 5.05. The molecule has 0 bridgehead atoms. The Morgan fingerprint density at radius 3 is 2.34 bits per heavy atom. The molecule has 0 spiro atoms. The van der Waals surface area contributed by atoms with Gasteiger partial charge in [-0.05, 0) is 66.2 Å². The molecule has 0 atom stereocenters. The number of aromatic amines is 1. The van der Waals surface area contributed by atoms with Crippen LogP contribution >= 0.6 is 46.4 Å². The first-order chi connectivity index (χ1) is 19.7. The van der Waals surface area contributed by atoms with Crippen LogP contribution in [0.1, 0.15) is 26.4 Å². The van der Waals surface area contributed by atoms with E-state index in [1.54, 1.807) is 72.8 Å². The molecule has 0 aliphatic rings. The molecule has 0 aliphatic heterocycles. The average Bonchev–Trinajstić information content (AvgIpc) is 3.34. The van der Waals surface area contributed by atoms with E-state index in [2.05, 4.69) is 15.5 Å². The molecule has 1 amide bonds. The predicted molar refractivity (Wildman–Crippen MR) is 163 cm³/mol. The van der Waals surface area contributed by atoms with Crippen molar-refractivity contribution in [2.24, 2.45) is 5.10 Å². The number of hydrogen-bond donors (Lipinski definition) is 2. The molecule has 1 aromatic heterocycles. The van der Waals surface area contributed by atoms with E-state index < -0.39 is 11.9 Å². The summed E-state index contributed by atoms with van der Waals surface area (Å²) >= 11 is 25.0. The summed E-state index contributed by atoms with van der Waals surface area (Å²) in [6.07, 6.45) is 1.42.